The van der Waals surface area contributed by atoms with Crippen LogP contribution in [0.4, 0.5) is 22.9 Å². The normalized spacial score (nSPS) is 15.2. The number of carboxylic acids is 1. The monoisotopic (exact) mass is 437 g/mol. The van der Waals surface area contributed by atoms with Crippen molar-refractivity contribution in [3.8, 4) is 0 Å². The highest BCUT2D eigenvalue weighted by Crippen LogP contribution is 2.39. The third kappa shape index (κ3) is 4.84. The first-order valence-electron chi connectivity index (χ1n) is 11.5. The molecule has 2 aliphatic rings. The largest absolute Gasteiger partial charge is 0.481 e. The van der Waals surface area contributed by atoms with Crippen LogP contribution >= 0.6 is 0 Å². The fraction of sp³-hybridized carbons (Fsp3) is 0.500. The van der Waals surface area contributed by atoms with E-state index in [-0.39, 0.29) is 12.0 Å². The van der Waals surface area contributed by atoms with E-state index < -0.39 is 5.97 Å². The molecule has 32 heavy (non-hydrogen) atoms. The van der Waals surface area contributed by atoms with Crippen molar-refractivity contribution in [3.63, 3.8) is 0 Å². The Morgan fingerprint density at radius 2 is 2.00 bits per heavy atom. The molecule has 1 aliphatic heterocycles. The molecular formula is C24H31N5O3. The molecule has 0 saturated heterocycles. The van der Waals surface area contributed by atoms with E-state index in [4.69, 9.17) is 5.11 Å². The Bertz CT molecular complexity index is 1170. The molecule has 0 unspecified atom stereocenters. The van der Waals surface area contributed by atoms with E-state index in [0.29, 0.717) is 35.7 Å². The molecule has 2 aromatic rings. The van der Waals surface area contributed by atoms with Gasteiger partial charge in [0.2, 0.25) is 0 Å². The average molecular weight is 438 g/mol. The first-order valence-corrected chi connectivity index (χ1v) is 11.5. The number of unbranched alkanes of at least 4 members (excludes halogenated alkanes) is 3. The fourth-order valence-corrected chi connectivity index (χ4v) is 4.58. The van der Waals surface area contributed by atoms with Crippen molar-refractivity contribution in [1.29, 1.82) is 0 Å². The highest BCUT2D eigenvalue weighted by Gasteiger charge is 2.24. The number of nitrogens with zero attached hydrogens (tertiary/aromatic N) is 3. The summed E-state index contributed by atoms with van der Waals surface area (Å²) in [4.78, 5) is 37.2. The molecule has 0 bridgehead atoms. The number of H-pyrrole nitrogens is 1. The van der Waals surface area contributed by atoms with E-state index >= 15 is 0 Å². The van der Waals surface area contributed by atoms with Gasteiger partial charge in [-0.1, -0.05) is 32.3 Å². The van der Waals surface area contributed by atoms with Crippen LogP contribution in [0.2, 0.25) is 0 Å². The molecule has 1 aliphatic carbocycles. The lowest BCUT2D eigenvalue weighted by molar-refractivity contribution is -0.137. The van der Waals surface area contributed by atoms with Crippen molar-refractivity contribution in [2.75, 3.05) is 16.8 Å². The first kappa shape index (κ1) is 22.0. The molecule has 2 heterocycles. The zero-order valence-corrected chi connectivity index (χ0v) is 18.6. The second-order valence-electron chi connectivity index (χ2n) is 8.79. The van der Waals surface area contributed by atoms with Gasteiger partial charge in [-0.05, 0) is 50.3 Å². The van der Waals surface area contributed by atoms with Gasteiger partial charge in [-0.25, -0.2) is 9.98 Å². The Balaban J connectivity index is 1.63. The number of anilines is 3. The van der Waals surface area contributed by atoms with E-state index in [1.54, 1.807) is 0 Å². The number of nitrogens with one attached hydrogen (secondary N) is 2. The van der Waals surface area contributed by atoms with Crippen LogP contribution in [0.25, 0.3) is 6.58 Å². The van der Waals surface area contributed by atoms with Gasteiger partial charge in [-0.2, -0.15) is 0 Å². The maximum atomic E-state index is 12.6. The highest BCUT2D eigenvalue weighted by atomic mass is 16.4. The third-order valence-corrected chi connectivity index (χ3v) is 6.26. The molecule has 8 nitrogen and oxygen atoms in total. The molecule has 4 rings (SSSR count). The van der Waals surface area contributed by atoms with Crippen molar-refractivity contribution < 1.29 is 9.90 Å². The van der Waals surface area contributed by atoms with Gasteiger partial charge in [0.05, 0.1) is 11.4 Å². The van der Waals surface area contributed by atoms with Crippen LogP contribution in [-0.4, -0.2) is 33.6 Å². The molecule has 0 spiro atoms. The number of carbonyl (C=O) groups is 1. The van der Waals surface area contributed by atoms with Gasteiger partial charge < -0.3 is 20.3 Å². The van der Waals surface area contributed by atoms with Gasteiger partial charge in [0.25, 0.3) is 5.56 Å². The summed E-state index contributed by atoms with van der Waals surface area (Å²) in [5.74, 6) is -0.220. The van der Waals surface area contributed by atoms with Crippen molar-refractivity contribution in [2.24, 2.45) is 4.99 Å². The topological polar surface area (TPSA) is 111 Å². The summed E-state index contributed by atoms with van der Waals surface area (Å²) >= 11 is 0. The Hall–Kier alpha value is -3.16. The summed E-state index contributed by atoms with van der Waals surface area (Å²) < 4.78 is 0. The highest BCUT2D eigenvalue weighted by molar-refractivity contribution is 5.80. The molecule has 0 radical (unpaired) electrons. The molecule has 3 N–H and O–H groups in total. The zero-order valence-electron chi connectivity index (χ0n) is 18.6. The lowest BCUT2D eigenvalue weighted by Crippen LogP contribution is -2.42. The summed E-state index contributed by atoms with van der Waals surface area (Å²) in [7, 11) is 0. The van der Waals surface area contributed by atoms with Gasteiger partial charge in [0.15, 0.2) is 11.2 Å². The number of fused-ring (bicyclic) bond motifs is 2. The minimum Gasteiger partial charge on any atom is -0.481 e. The van der Waals surface area contributed by atoms with Crippen molar-refractivity contribution in [3.05, 3.63) is 38.9 Å². The predicted octanol–water partition coefficient (Wildman–Crippen LogP) is 3.28. The summed E-state index contributed by atoms with van der Waals surface area (Å²) in [5.41, 5.74) is 3.93. The summed E-state index contributed by atoms with van der Waals surface area (Å²) in [5, 5.41) is 12.8. The number of aromatic nitrogens is 2. The lowest BCUT2D eigenvalue weighted by Gasteiger charge is -2.29. The number of hydrogen-bond donors (Lipinski definition) is 3. The molecule has 170 valence electrons. The van der Waals surface area contributed by atoms with Gasteiger partial charge >= 0.3 is 5.97 Å². The summed E-state index contributed by atoms with van der Waals surface area (Å²) in [6.07, 6.45) is 8.39. The number of aliphatic carboxylic acids is 1. The quantitative estimate of drug-likeness (QED) is 0.519. The maximum Gasteiger partial charge on any atom is 0.303 e. The first-order chi connectivity index (χ1) is 15.4. The maximum absolute atomic E-state index is 12.6. The SMILES string of the molecule is C=c1nc2c(c(=O)[nH]1)=Nc1cc(C)c(NC3CCCC3)cc1N2CCCCCCC(=O)O. The number of aromatic amines is 1. The van der Waals surface area contributed by atoms with Crippen LogP contribution in [0.5, 0.6) is 0 Å². The Kier molecular flexibility index (Phi) is 6.58. The molecular weight excluding hydrogens is 406 g/mol. The van der Waals surface area contributed by atoms with Crippen molar-refractivity contribution in [2.45, 2.75) is 70.8 Å². The molecule has 1 aromatic heterocycles. The standard InChI is InChI=1S/C24H31N5O3/c1-15-13-19-20(14-18(15)27-17-9-6-7-10-17)29(12-8-4-3-5-11-21(30)31)23-22(28-19)24(32)26-16(2)25-23/h13-14,17,27H,2-12H2,1H3,(H,26,32)(H,30,31). The van der Waals surface area contributed by atoms with E-state index in [9.17, 15) is 9.59 Å². The Morgan fingerprint density at radius 1 is 1.25 bits per heavy atom. The van der Waals surface area contributed by atoms with E-state index in [1.807, 2.05) is 6.07 Å². The van der Waals surface area contributed by atoms with Crippen LogP contribution in [0.15, 0.2) is 21.9 Å². The molecule has 0 atom stereocenters. The second-order valence-corrected chi connectivity index (χ2v) is 8.79. The smallest absolute Gasteiger partial charge is 0.303 e. The number of aryl methyl sites for hydroxylation is 1. The minimum atomic E-state index is -0.755. The molecule has 1 aromatic carbocycles. The van der Waals surface area contributed by atoms with Crippen molar-refractivity contribution >= 4 is 35.4 Å². The van der Waals surface area contributed by atoms with Crippen LogP contribution in [0, 0.1) is 6.92 Å². The summed E-state index contributed by atoms with van der Waals surface area (Å²) in [6.45, 7) is 6.55. The predicted molar refractivity (Wildman–Crippen MR) is 126 cm³/mol. The van der Waals surface area contributed by atoms with Crippen LogP contribution < -0.4 is 26.6 Å². The van der Waals surface area contributed by atoms with Crippen LogP contribution in [0.3, 0.4) is 0 Å². The van der Waals surface area contributed by atoms with E-state index in [0.717, 1.165) is 41.9 Å². The number of rotatable bonds is 9. The van der Waals surface area contributed by atoms with Crippen LogP contribution in [-0.2, 0) is 4.79 Å². The average Bonchev–Trinajstić information content (AvgIpc) is 3.24. The second kappa shape index (κ2) is 9.54. The summed E-state index contributed by atoms with van der Waals surface area (Å²) in [6, 6.07) is 4.66. The van der Waals surface area contributed by atoms with Crippen LogP contribution in [0.1, 0.15) is 63.4 Å². The van der Waals surface area contributed by atoms with Gasteiger partial charge in [-0.3, -0.25) is 9.59 Å². The van der Waals surface area contributed by atoms with Gasteiger partial charge in [-0.15, -0.1) is 0 Å². The lowest BCUT2D eigenvalue weighted by atomic mass is 10.1. The number of carboxylic acid groups (broad SMARTS) is 1. The van der Waals surface area contributed by atoms with Crippen molar-refractivity contribution in [1.82, 2.24) is 9.97 Å². The number of benzene rings is 1. The van der Waals surface area contributed by atoms with E-state index in [2.05, 4.69) is 44.7 Å². The Morgan fingerprint density at radius 3 is 2.75 bits per heavy atom. The molecule has 8 heteroatoms. The molecule has 1 fully saturated rings. The molecule has 0 amide bonds. The van der Waals surface area contributed by atoms with Gasteiger partial charge in [0, 0.05) is 24.7 Å². The molecule has 1 saturated carbocycles. The zero-order chi connectivity index (χ0) is 22.7. The minimum absolute atomic E-state index is 0.200. The van der Waals surface area contributed by atoms with E-state index in [1.165, 1.54) is 25.7 Å². The third-order valence-electron chi connectivity index (χ3n) is 6.26. The number of hydrogen-bond acceptors (Lipinski definition) is 6. The van der Waals surface area contributed by atoms with Gasteiger partial charge in [0.1, 0.15) is 5.48 Å². The Labute approximate surface area is 187 Å². The fourth-order valence-electron chi connectivity index (χ4n) is 4.58.